The number of benzene rings is 2. The van der Waals surface area contributed by atoms with Gasteiger partial charge in [-0.25, -0.2) is 4.79 Å². The molecule has 106 valence electrons. The van der Waals surface area contributed by atoms with Crippen molar-refractivity contribution in [3.63, 3.8) is 0 Å². The van der Waals surface area contributed by atoms with Gasteiger partial charge in [0.05, 0.1) is 22.9 Å². The number of halogens is 1. The minimum atomic E-state index is -1.06. The van der Waals surface area contributed by atoms with Crippen molar-refractivity contribution >= 4 is 23.3 Å². The quantitative estimate of drug-likeness (QED) is 0.846. The van der Waals surface area contributed by atoms with Gasteiger partial charge in [0.25, 0.3) is 0 Å². The molecule has 0 unspecified atom stereocenters. The molecule has 0 aliphatic rings. The fourth-order valence-corrected chi connectivity index (χ4v) is 1.92. The van der Waals surface area contributed by atoms with Crippen LogP contribution < -0.4 is 10.5 Å². The number of ether oxygens (including phenoxy) is 1. The third-order valence-corrected chi connectivity index (χ3v) is 3.18. The number of carboxylic acids is 1. The van der Waals surface area contributed by atoms with Gasteiger partial charge in [-0.05, 0) is 30.3 Å². The van der Waals surface area contributed by atoms with E-state index >= 15 is 0 Å². The van der Waals surface area contributed by atoms with Crippen molar-refractivity contribution in [3.05, 3.63) is 58.1 Å². The van der Waals surface area contributed by atoms with Crippen LogP contribution in [0.1, 0.15) is 21.5 Å². The molecule has 2 aromatic rings. The van der Waals surface area contributed by atoms with E-state index in [2.05, 4.69) is 0 Å². The van der Waals surface area contributed by atoms with Crippen molar-refractivity contribution < 1.29 is 14.6 Å². The summed E-state index contributed by atoms with van der Waals surface area (Å²) in [5.74, 6) is -0.786. The first-order valence-electron chi connectivity index (χ1n) is 5.95. The number of nitriles is 1. The Hall–Kier alpha value is -2.71. The summed E-state index contributed by atoms with van der Waals surface area (Å²) in [6, 6.07) is 11.1. The van der Waals surface area contributed by atoms with Gasteiger partial charge in [-0.1, -0.05) is 17.7 Å². The SMILES string of the molecule is N#Cc1ccc(COc2cc(C(=O)O)ccc2N)c(Cl)c1. The Morgan fingerprint density at radius 1 is 1.33 bits per heavy atom. The fraction of sp³-hybridized carbons (Fsp3) is 0.0667. The molecule has 0 bridgehead atoms. The number of rotatable bonds is 4. The molecule has 0 amide bonds. The molecular weight excluding hydrogens is 292 g/mol. The molecule has 0 atom stereocenters. The molecule has 0 radical (unpaired) electrons. The van der Waals surface area contributed by atoms with Gasteiger partial charge in [-0.2, -0.15) is 5.26 Å². The van der Waals surface area contributed by atoms with Gasteiger partial charge < -0.3 is 15.6 Å². The molecule has 0 saturated carbocycles. The Kier molecular flexibility index (Phi) is 4.31. The minimum Gasteiger partial charge on any atom is -0.487 e. The van der Waals surface area contributed by atoms with Crippen LogP contribution in [-0.4, -0.2) is 11.1 Å². The maximum absolute atomic E-state index is 10.9. The van der Waals surface area contributed by atoms with Gasteiger partial charge >= 0.3 is 5.97 Å². The second kappa shape index (κ2) is 6.16. The Morgan fingerprint density at radius 2 is 2.10 bits per heavy atom. The minimum absolute atomic E-state index is 0.0881. The Labute approximate surface area is 126 Å². The van der Waals surface area contributed by atoms with E-state index in [0.29, 0.717) is 21.8 Å². The van der Waals surface area contributed by atoms with Crippen molar-refractivity contribution in [1.29, 1.82) is 5.26 Å². The average Bonchev–Trinajstić information content (AvgIpc) is 2.47. The number of carboxylic acid groups (broad SMARTS) is 1. The van der Waals surface area contributed by atoms with E-state index in [9.17, 15) is 4.79 Å². The lowest BCUT2D eigenvalue weighted by Gasteiger charge is -2.11. The number of nitrogens with two attached hydrogens (primary N) is 1. The molecule has 5 nitrogen and oxygen atoms in total. The van der Waals surface area contributed by atoms with Crippen molar-refractivity contribution in [3.8, 4) is 11.8 Å². The number of carbonyl (C=O) groups is 1. The molecule has 0 saturated heterocycles. The first-order chi connectivity index (χ1) is 10.0. The lowest BCUT2D eigenvalue weighted by molar-refractivity contribution is 0.0696. The summed E-state index contributed by atoms with van der Waals surface area (Å²) >= 11 is 6.04. The average molecular weight is 303 g/mol. The molecule has 0 spiro atoms. The molecule has 2 aromatic carbocycles. The Balaban J connectivity index is 2.18. The van der Waals surface area contributed by atoms with E-state index in [1.165, 1.54) is 24.3 Å². The summed E-state index contributed by atoms with van der Waals surface area (Å²) in [6.45, 7) is 0.123. The lowest BCUT2D eigenvalue weighted by atomic mass is 10.1. The molecule has 3 N–H and O–H groups in total. The van der Waals surface area contributed by atoms with Crippen molar-refractivity contribution in [2.75, 3.05) is 5.73 Å². The molecule has 0 heterocycles. The van der Waals surface area contributed by atoms with E-state index in [1.54, 1.807) is 12.1 Å². The topological polar surface area (TPSA) is 96.3 Å². The Morgan fingerprint density at radius 3 is 2.71 bits per heavy atom. The highest BCUT2D eigenvalue weighted by Crippen LogP contribution is 2.25. The zero-order chi connectivity index (χ0) is 15.4. The van der Waals surface area contributed by atoms with Crippen LogP contribution in [-0.2, 0) is 6.61 Å². The number of nitrogens with zero attached hydrogens (tertiary/aromatic N) is 1. The van der Waals surface area contributed by atoms with Crippen LogP contribution in [0.5, 0.6) is 5.75 Å². The standard InChI is InChI=1S/C15H11ClN2O3/c16-12-5-9(7-17)1-2-11(12)8-21-14-6-10(15(19)20)3-4-13(14)18/h1-6H,8,18H2,(H,19,20). The van der Waals surface area contributed by atoms with Crippen molar-refractivity contribution in [1.82, 2.24) is 0 Å². The highest BCUT2D eigenvalue weighted by molar-refractivity contribution is 6.31. The summed E-state index contributed by atoms with van der Waals surface area (Å²) in [5, 5.41) is 18.1. The van der Waals surface area contributed by atoms with Crippen LogP contribution >= 0.6 is 11.6 Å². The van der Waals surface area contributed by atoms with Crippen molar-refractivity contribution in [2.45, 2.75) is 6.61 Å². The molecule has 0 fully saturated rings. The second-order valence-corrected chi connectivity index (χ2v) is 4.67. The highest BCUT2D eigenvalue weighted by Gasteiger charge is 2.09. The maximum atomic E-state index is 10.9. The van der Waals surface area contributed by atoms with E-state index in [-0.39, 0.29) is 17.9 Å². The Bertz CT molecular complexity index is 738. The number of anilines is 1. The number of nitrogen functional groups attached to an aromatic ring is 1. The van der Waals surface area contributed by atoms with Crippen LogP contribution in [0.15, 0.2) is 36.4 Å². The molecule has 0 aliphatic carbocycles. The monoisotopic (exact) mass is 302 g/mol. The predicted molar refractivity (Wildman–Crippen MR) is 78.3 cm³/mol. The van der Waals surface area contributed by atoms with Gasteiger partial charge in [0.15, 0.2) is 0 Å². The molecular formula is C15H11ClN2O3. The van der Waals surface area contributed by atoms with E-state index in [1.807, 2.05) is 6.07 Å². The zero-order valence-corrected chi connectivity index (χ0v) is 11.6. The first kappa shape index (κ1) is 14.7. The molecule has 2 rings (SSSR count). The van der Waals surface area contributed by atoms with Crippen LogP contribution in [0.2, 0.25) is 5.02 Å². The third-order valence-electron chi connectivity index (χ3n) is 2.83. The molecule has 0 aromatic heterocycles. The maximum Gasteiger partial charge on any atom is 0.335 e. The first-order valence-corrected chi connectivity index (χ1v) is 6.33. The summed E-state index contributed by atoms with van der Waals surface area (Å²) in [6.07, 6.45) is 0. The second-order valence-electron chi connectivity index (χ2n) is 4.26. The zero-order valence-electron chi connectivity index (χ0n) is 10.8. The highest BCUT2D eigenvalue weighted by atomic mass is 35.5. The van der Waals surface area contributed by atoms with Gasteiger partial charge in [-0.15, -0.1) is 0 Å². The van der Waals surface area contributed by atoms with Crippen molar-refractivity contribution in [2.24, 2.45) is 0 Å². The third kappa shape index (κ3) is 3.44. The molecule has 0 aliphatic heterocycles. The van der Waals surface area contributed by atoms with Crippen LogP contribution in [0.3, 0.4) is 0 Å². The van der Waals surface area contributed by atoms with Gasteiger partial charge in [-0.3, -0.25) is 0 Å². The number of aromatic carboxylic acids is 1. The van der Waals surface area contributed by atoms with Gasteiger partial charge in [0.1, 0.15) is 12.4 Å². The smallest absolute Gasteiger partial charge is 0.335 e. The number of hydrogen-bond acceptors (Lipinski definition) is 4. The van der Waals surface area contributed by atoms with Gasteiger partial charge in [0.2, 0.25) is 0 Å². The predicted octanol–water partition coefficient (Wildman–Crippen LogP) is 3.07. The summed E-state index contributed by atoms with van der Waals surface area (Å²) < 4.78 is 5.51. The fourth-order valence-electron chi connectivity index (χ4n) is 1.68. The van der Waals surface area contributed by atoms with Crippen LogP contribution in [0.4, 0.5) is 5.69 Å². The summed E-state index contributed by atoms with van der Waals surface area (Å²) in [4.78, 5) is 10.9. The number of hydrogen-bond donors (Lipinski definition) is 2. The summed E-state index contributed by atoms with van der Waals surface area (Å²) in [5.41, 5.74) is 7.30. The van der Waals surface area contributed by atoms with Crippen LogP contribution in [0.25, 0.3) is 0 Å². The normalized spacial score (nSPS) is 9.90. The van der Waals surface area contributed by atoms with Gasteiger partial charge in [0, 0.05) is 10.6 Å². The van der Waals surface area contributed by atoms with E-state index < -0.39 is 5.97 Å². The molecule has 21 heavy (non-hydrogen) atoms. The largest absolute Gasteiger partial charge is 0.487 e. The molecule has 6 heteroatoms. The van der Waals surface area contributed by atoms with E-state index in [4.69, 9.17) is 32.4 Å². The summed E-state index contributed by atoms with van der Waals surface area (Å²) in [7, 11) is 0. The lowest BCUT2D eigenvalue weighted by Crippen LogP contribution is -2.02. The van der Waals surface area contributed by atoms with E-state index in [0.717, 1.165) is 0 Å². The van der Waals surface area contributed by atoms with Crippen LogP contribution in [0, 0.1) is 11.3 Å².